The Bertz CT molecular complexity index is 82.2. The Hall–Kier alpha value is -0.440. The minimum Gasteiger partial charge on any atom is -0.278 e. The first-order valence-electron chi connectivity index (χ1n) is 1.97. The third-order valence-electron chi connectivity index (χ3n) is 0.714. The summed E-state index contributed by atoms with van der Waals surface area (Å²) < 4.78 is 1.49. The van der Waals surface area contributed by atoms with Crippen LogP contribution in [0.5, 0.6) is 0 Å². The van der Waals surface area contributed by atoms with E-state index in [1.807, 2.05) is 7.05 Å². The van der Waals surface area contributed by atoms with E-state index in [1.54, 1.807) is 11.3 Å². The molecule has 0 aromatic rings. The van der Waals surface area contributed by atoms with Crippen molar-refractivity contribution in [1.29, 1.82) is 0 Å². The van der Waals surface area contributed by atoms with Crippen LogP contribution in [-0.4, -0.2) is 29.5 Å². The fourth-order valence-electron chi connectivity index (χ4n) is 0.413. The lowest BCUT2D eigenvalue weighted by molar-refractivity contribution is 0.339. The summed E-state index contributed by atoms with van der Waals surface area (Å²) in [4.78, 5) is 0. The van der Waals surface area contributed by atoms with Crippen LogP contribution >= 0.6 is 11.8 Å². The van der Waals surface area contributed by atoms with Gasteiger partial charge in [-0.1, -0.05) is 0 Å². The molecule has 0 spiro atoms. The number of hydrazone groups is 1. The molecule has 0 radical (unpaired) electrons. The van der Waals surface area contributed by atoms with Crippen molar-refractivity contribution in [1.82, 2.24) is 9.43 Å². The first-order valence-corrected chi connectivity index (χ1v) is 2.30. The van der Waals surface area contributed by atoms with Crippen LogP contribution in [0, 0.1) is 0 Å². The van der Waals surface area contributed by atoms with E-state index in [2.05, 4.69) is 5.10 Å². The maximum Gasteiger partial charge on any atom is 0.127 e. The molecule has 0 N–H and O–H groups in total. The van der Waals surface area contributed by atoms with Gasteiger partial charge < -0.3 is 0 Å². The van der Waals surface area contributed by atoms with Crippen molar-refractivity contribution in [3.63, 3.8) is 0 Å². The van der Waals surface area contributed by atoms with Crippen LogP contribution in [-0.2, 0) is 0 Å². The van der Waals surface area contributed by atoms with Crippen molar-refractivity contribution in [3.8, 4) is 0 Å². The summed E-state index contributed by atoms with van der Waals surface area (Å²) in [5.74, 6) is 0. The SMILES string of the molecule is CN1CN(Cl)C=N1. The summed E-state index contributed by atoms with van der Waals surface area (Å²) in [7, 11) is 1.86. The van der Waals surface area contributed by atoms with Crippen LogP contribution in [0.25, 0.3) is 0 Å². The van der Waals surface area contributed by atoms with Crippen molar-refractivity contribution < 1.29 is 0 Å². The molecule has 1 rings (SSSR count). The van der Waals surface area contributed by atoms with Gasteiger partial charge in [-0.2, -0.15) is 5.10 Å². The molecular formula is C3H6ClN3. The normalized spacial score (nSPS) is 19.1. The summed E-state index contributed by atoms with van der Waals surface area (Å²) in [5, 5.41) is 5.56. The Kier molecular flexibility index (Phi) is 1.06. The number of nitrogens with zero attached hydrogens (tertiary/aromatic N) is 3. The average Bonchev–Trinajstić information content (AvgIpc) is 1.87. The molecule has 1 aliphatic rings. The monoisotopic (exact) mass is 119 g/mol. The zero-order valence-electron chi connectivity index (χ0n) is 4.00. The van der Waals surface area contributed by atoms with Gasteiger partial charge >= 0.3 is 0 Å². The first kappa shape index (κ1) is 4.71. The predicted molar refractivity (Wildman–Crippen MR) is 28.8 cm³/mol. The van der Waals surface area contributed by atoms with E-state index < -0.39 is 0 Å². The molecule has 7 heavy (non-hydrogen) atoms. The van der Waals surface area contributed by atoms with Gasteiger partial charge in [0.25, 0.3) is 0 Å². The van der Waals surface area contributed by atoms with Gasteiger partial charge in [-0.15, -0.1) is 0 Å². The largest absolute Gasteiger partial charge is 0.278 e. The standard InChI is InChI=1S/C3H6ClN3/c1-6-3-7(4)2-5-6/h2H,3H2,1H3. The van der Waals surface area contributed by atoms with Crippen molar-refractivity contribution in [2.24, 2.45) is 5.10 Å². The summed E-state index contributed by atoms with van der Waals surface area (Å²) >= 11 is 5.45. The predicted octanol–water partition coefficient (Wildman–Crippen LogP) is 0.288. The van der Waals surface area contributed by atoms with Crippen LogP contribution in [0.4, 0.5) is 0 Å². The molecule has 0 saturated heterocycles. The molecule has 1 aliphatic heterocycles. The summed E-state index contributed by atoms with van der Waals surface area (Å²) in [5.41, 5.74) is 0. The van der Waals surface area contributed by atoms with Gasteiger partial charge in [0.1, 0.15) is 13.0 Å². The highest BCUT2D eigenvalue weighted by Crippen LogP contribution is 1.99. The van der Waals surface area contributed by atoms with Gasteiger partial charge in [0, 0.05) is 18.8 Å². The van der Waals surface area contributed by atoms with Crippen molar-refractivity contribution in [3.05, 3.63) is 0 Å². The second kappa shape index (κ2) is 1.58. The van der Waals surface area contributed by atoms with Gasteiger partial charge in [-0.25, -0.2) is 0 Å². The molecule has 0 aromatic heterocycles. The quantitative estimate of drug-likeness (QED) is 0.427. The van der Waals surface area contributed by atoms with Gasteiger partial charge in [0.05, 0.1) is 0 Å². The zero-order chi connectivity index (χ0) is 5.28. The number of hydrogen-bond acceptors (Lipinski definition) is 3. The lowest BCUT2D eigenvalue weighted by Crippen LogP contribution is -2.14. The average molecular weight is 120 g/mol. The van der Waals surface area contributed by atoms with E-state index >= 15 is 0 Å². The molecule has 3 nitrogen and oxygen atoms in total. The molecule has 0 fully saturated rings. The second-order valence-electron chi connectivity index (χ2n) is 1.43. The van der Waals surface area contributed by atoms with E-state index in [9.17, 15) is 0 Å². The minimum atomic E-state index is 0.682. The Morgan fingerprint density at radius 3 is 2.71 bits per heavy atom. The highest BCUT2D eigenvalue weighted by atomic mass is 35.5. The lowest BCUT2D eigenvalue weighted by atomic mass is 11.0. The Labute approximate surface area is 47.3 Å². The number of hydrogen-bond donors (Lipinski definition) is 0. The van der Waals surface area contributed by atoms with Crippen LogP contribution in [0.3, 0.4) is 0 Å². The van der Waals surface area contributed by atoms with E-state index in [1.165, 1.54) is 4.42 Å². The molecule has 4 heteroatoms. The van der Waals surface area contributed by atoms with Gasteiger partial charge in [0.15, 0.2) is 0 Å². The van der Waals surface area contributed by atoms with Crippen molar-refractivity contribution >= 4 is 18.1 Å². The fraction of sp³-hybridized carbons (Fsp3) is 0.667. The number of halogens is 1. The Morgan fingerprint density at radius 2 is 2.57 bits per heavy atom. The van der Waals surface area contributed by atoms with Crippen molar-refractivity contribution in [2.75, 3.05) is 13.7 Å². The Morgan fingerprint density at radius 1 is 1.86 bits per heavy atom. The van der Waals surface area contributed by atoms with Crippen molar-refractivity contribution in [2.45, 2.75) is 0 Å². The third kappa shape index (κ3) is 0.962. The first-order chi connectivity index (χ1) is 3.29. The molecule has 0 aliphatic carbocycles. The lowest BCUT2D eigenvalue weighted by Gasteiger charge is -2.04. The van der Waals surface area contributed by atoms with E-state index in [-0.39, 0.29) is 0 Å². The molecular weight excluding hydrogens is 114 g/mol. The summed E-state index contributed by atoms with van der Waals surface area (Å²) in [6, 6.07) is 0. The highest BCUT2D eigenvalue weighted by molar-refractivity contribution is 6.18. The highest BCUT2D eigenvalue weighted by Gasteiger charge is 2.03. The van der Waals surface area contributed by atoms with Gasteiger partial charge in [-0.05, 0) is 0 Å². The van der Waals surface area contributed by atoms with Gasteiger partial charge in [0.2, 0.25) is 0 Å². The van der Waals surface area contributed by atoms with Crippen LogP contribution in [0.1, 0.15) is 0 Å². The molecule has 0 aromatic carbocycles. The Balaban J connectivity index is 2.42. The molecule has 0 amide bonds. The zero-order valence-corrected chi connectivity index (χ0v) is 4.76. The third-order valence-corrected chi connectivity index (χ3v) is 0.908. The topological polar surface area (TPSA) is 18.8 Å². The molecule has 0 unspecified atom stereocenters. The minimum absolute atomic E-state index is 0.682. The maximum atomic E-state index is 5.45. The summed E-state index contributed by atoms with van der Waals surface area (Å²) in [6.45, 7) is 0.682. The van der Waals surface area contributed by atoms with Crippen LogP contribution < -0.4 is 0 Å². The van der Waals surface area contributed by atoms with E-state index in [0.29, 0.717) is 6.67 Å². The maximum absolute atomic E-state index is 5.45. The summed E-state index contributed by atoms with van der Waals surface area (Å²) in [6.07, 6.45) is 1.57. The van der Waals surface area contributed by atoms with E-state index in [4.69, 9.17) is 11.8 Å². The molecule has 0 bridgehead atoms. The van der Waals surface area contributed by atoms with Crippen LogP contribution in [0.15, 0.2) is 5.10 Å². The molecule has 40 valence electrons. The van der Waals surface area contributed by atoms with E-state index in [0.717, 1.165) is 0 Å². The molecule has 1 heterocycles. The van der Waals surface area contributed by atoms with Crippen LogP contribution in [0.2, 0.25) is 0 Å². The number of rotatable bonds is 0. The fourth-order valence-corrected chi connectivity index (χ4v) is 0.606. The molecule has 0 atom stereocenters. The molecule has 0 saturated carbocycles. The smallest absolute Gasteiger partial charge is 0.127 e. The second-order valence-corrected chi connectivity index (χ2v) is 1.86. The van der Waals surface area contributed by atoms with Gasteiger partial charge in [-0.3, -0.25) is 9.43 Å².